The molecule has 0 N–H and O–H groups in total. The van der Waals surface area contributed by atoms with Crippen molar-refractivity contribution < 1.29 is 14.3 Å². The van der Waals surface area contributed by atoms with E-state index in [0.29, 0.717) is 19.1 Å². The molecule has 1 aromatic heterocycles. The number of carbonyl (C=O) groups excluding carboxylic acids is 1. The van der Waals surface area contributed by atoms with Gasteiger partial charge in [-0.05, 0) is 45.1 Å². The van der Waals surface area contributed by atoms with E-state index in [4.69, 9.17) is 14.6 Å². The Balaban J connectivity index is 1.70. The summed E-state index contributed by atoms with van der Waals surface area (Å²) in [6.45, 7) is 7.35. The van der Waals surface area contributed by atoms with Crippen molar-refractivity contribution >= 4 is 6.09 Å². The van der Waals surface area contributed by atoms with E-state index in [2.05, 4.69) is 12.1 Å². The van der Waals surface area contributed by atoms with Gasteiger partial charge in [0.05, 0.1) is 12.2 Å². The Hall–Kier alpha value is -2.50. The monoisotopic (exact) mass is 413 g/mol. The fraction of sp³-hybridized carbons (Fsp3) is 0.583. The number of nitrogens with zero attached hydrogens (tertiary/aromatic N) is 3. The molecule has 1 aromatic carbocycles. The van der Waals surface area contributed by atoms with Gasteiger partial charge in [-0.1, -0.05) is 49.6 Å². The smallest absolute Gasteiger partial charge is 0.410 e. The Morgan fingerprint density at radius 1 is 1.17 bits per heavy atom. The van der Waals surface area contributed by atoms with Gasteiger partial charge in [0, 0.05) is 19.7 Å². The maximum atomic E-state index is 12.3. The first-order valence-corrected chi connectivity index (χ1v) is 11.0. The highest BCUT2D eigenvalue weighted by Crippen LogP contribution is 2.27. The van der Waals surface area contributed by atoms with E-state index in [9.17, 15) is 4.79 Å². The standard InChI is InChI=1S/C24H35N3O3/c1-24(2,3)30-23(28)26(4)17-21-15-22(29-18-20-13-9-6-10-14-20)27(25-21)16-19-11-7-5-8-12-19/h6,9-10,13-15,19H,5,7-8,11-12,16-18H2,1-4H3. The Morgan fingerprint density at radius 2 is 1.87 bits per heavy atom. The minimum atomic E-state index is -0.518. The normalized spacial score (nSPS) is 15.1. The summed E-state index contributed by atoms with van der Waals surface area (Å²) >= 11 is 0. The molecule has 0 aliphatic heterocycles. The van der Waals surface area contributed by atoms with Gasteiger partial charge in [-0.2, -0.15) is 5.10 Å². The van der Waals surface area contributed by atoms with Gasteiger partial charge in [0.2, 0.25) is 5.88 Å². The first-order chi connectivity index (χ1) is 14.3. The first kappa shape index (κ1) is 22.2. The summed E-state index contributed by atoms with van der Waals surface area (Å²) in [5, 5.41) is 4.78. The molecule has 164 valence electrons. The van der Waals surface area contributed by atoms with Gasteiger partial charge in [-0.15, -0.1) is 0 Å². The van der Waals surface area contributed by atoms with Crippen LogP contribution < -0.4 is 4.74 Å². The molecule has 1 aliphatic carbocycles. The third kappa shape index (κ3) is 6.78. The zero-order chi connectivity index (χ0) is 21.6. The molecule has 1 heterocycles. The maximum absolute atomic E-state index is 12.3. The zero-order valence-corrected chi connectivity index (χ0v) is 18.8. The Kier molecular flexibility index (Phi) is 7.40. The molecule has 2 aromatic rings. The molecular weight excluding hydrogens is 378 g/mol. The number of benzene rings is 1. The van der Waals surface area contributed by atoms with Crippen molar-refractivity contribution in [3.05, 3.63) is 47.7 Å². The summed E-state index contributed by atoms with van der Waals surface area (Å²) in [5.41, 5.74) is 1.41. The molecule has 0 saturated heterocycles. The first-order valence-electron chi connectivity index (χ1n) is 11.0. The SMILES string of the molecule is CN(Cc1cc(OCc2ccccc2)n(CC2CCCCC2)n1)C(=O)OC(C)(C)C. The van der Waals surface area contributed by atoms with Crippen LogP contribution in [-0.2, 0) is 24.4 Å². The molecule has 6 heteroatoms. The quantitative estimate of drug-likeness (QED) is 0.609. The van der Waals surface area contributed by atoms with E-state index in [1.807, 2.05) is 49.7 Å². The number of carbonyl (C=O) groups is 1. The molecule has 3 rings (SSSR count). The summed E-state index contributed by atoms with van der Waals surface area (Å²) < 4.78 is 13.6. The number of rotatable bonds is 7. The van der Waals surface area contributed by atoms with Crippen molar-refractivity contribution in [2.45, 2.75) is 78.2 Å². The van der Waals surface area contributed by atoms with E-state index in [1.165, 1.54) is 32.1 Å². The van der Waals surface area contributed by atoms with E-state index >= 15 is 0 Å². The van der Waals surface area contributed by atoms with Crippen LogP contribution in [0.1, 0.15) is 64.1 Å². The van der Waals surface area contributed by atoms with E-state index < -0.39 is 5.60 Å². The number of ether oxygens (including phenoxy) is 2. The summed E-state index contributed by atoms with van der Waals surface area (Å²) in [6, 6.07) is 12.1. The van der Waals surface area contributed by atoms with E-state index in [1.54, 1.807) is 11.9 Å². The Morgan fingerprint density at radius 3 is 2.53 bits per heavy atom. The minimum Gasteiger partial charge on any atom is -0.473 e. The van der Waals surface area contributed by atoms with Crippen LogP contribution >= 0.6 is 0 Å². The van der Waals surface area contributed by atoms with Crippen molar-refractivity contribution in [1.82, 2.24) is 14.7 Å². The number of amides is 1. The zero-order valence-electron chi connectivity index (χ0n) is 18.8. The molecule has 6 nitrogen and oxygen atoms in total. The third-order valence-electron chi connectivity index (χ3n) is 5.28. The van der Waals surface area contributed by atoms with Crippen LogP contribution in [-0.4, -0.2) is 33.4 Å². The van der Waals surface area contributed by atoms with Crippen molar-refractivity contribution in [1.29, 1.82) is 0 Å². The predicted octanol–water partition coefficient (Wildman–Crippen LogP) is 5.41. The topological polar surface area (TPSA) is 56.6 Å². The van der Waals surface area contributed by atoms with Crippen LogP contribution in [0.25, 0.3) is 0 Å². The second-order valence-corrected chi connectivity index (χ2v) is 9.27. The number of aromatic nitrogens is 2. The Bertz CT molecular complexity index is 805. The van der Waals surface area contributed by atoms with Crippen molar-refractivity contribution in [3.63, 3.8) is 0 Å². The molecule has 1 amide bonds. The summed E-state index contributed by atoms with van der Waals surface area (Å²) in [6.07, 6.45) is 6.05. The van der Waals surface area contributed by atoms with Gasteiger partial charge in [-0.3, -0.25) is 0 Å². The van der Waals surface area contributed by atoms with Crippen LogP contribution in [0.15, 0.2) is 36.4 Å². The summed E-state index contributed by atoms with van der Waals surface area (Å²) in [7, 11) is 1.73. The van der Waals surface area contributed by atoms with E-state index in [0.717, 1.165) is 23.7 Å². The third-order valence-corrected chi connectivity index (χ3v) is 5.28. The summed E-state index contributed by atoms with van der Waals surface area (Å²) in [5.74, 6) is 1.39. The highest BCUT2D eigenvalue weighted by molar-refractivity contribution is 5.67. The van der Waals surface area contributed by atoms with Gasteiger partial charge >= 0.3 is 6.09 Å². The van der Waals surface area contributed by atoms with Gasteiger partial charge in [-0.25, -0.2) is 9.48 Å². The van der Waals surface area contributed by atoms with Crippen LogP contribution in [0.5, 0.6) is 5.88 Å². The fourth-order valence-corrected chi connectivity index (χ4v) is 3.77. The molecule has 0 bridgehead atoms. The van der Waals surface area contributed by atoms with Gasteiger partial charge in [0.1, 0.15) is 12.2 Å². The highest BCUT2D eigenvalue weighted by Gasteiger charge is 2.22. The van der Waals surface area contributed by atoms with Gasteiger partial charge in [0.15, 0.2) is 0 Å². The van der Waals surface area contributed by atoms with E-state index in [-0.39, 0.29) is 6.09 Å². The largest absolute Gasteiger partial charge is 0.473 e. The summed E-state index contributed by atoms with van der Waals surface area (Å²) in [4.78, 5) is 13.9. The molecular formula is C24H35N3O3. The van der Waals surface area contributed by atoms with Crippen LogP contribution in [0, 0.1) is 5.92 Å². The average Bonchev–Trinajstić information content (AvgIpc) is 3.07. The van der Waals surface area contributed by atoms with Gasteiger partial charge < -0.3 is 14.4 Å². The maximum Gasteiger partial charge on any atom is 0.410 e. The molecule has 0 unspecified atom stereocenters. The van der Waals surface area contributed by atoms with Crippen LogP contribution in [0.4, 0.5) is 4.79 Å². The lowest BCUT2D eigenvalue weighted by Gasteiger charge is -2.24. The molecule has 1 fully saturated rings. The predicted molar refractivity (Wildman–Crippen MR) is 117 cm³/mol. The van der Waals surface area contributed by atoms with Gasteiger partial charge in [0.25, 0.3) is 0 Å². The van der Waals surface area contributed by atoms with Crippen LogP contribution in [0.3, 0.4) is 0 Å². The minimum absolute atomic E-state index is 0.351. The van der Waals surface area contributed by atoms with Crippen molar-refractivity contribution in [3.8, 4) is 5.88 Å². The molecule has 30 heavy (non-hydrogen) atoms. The van der Waals surface area contributed by atoms with Crippen LogP contribution in [0.2, 0.25) is 0 Å². The Labute approximate surface area is 180 Å². The average molecular weight is 414 g/mol. The van der Waals surface area contributed by atoms with Crippen molar-refractivity contribution in [2.24, 2.45) is 5.92 Å². The molecule has 1 saturated carbocycles. The molecule has 0 atom stereocenters. The highest BCUT2D eigenvalue weighted by atomic mass is 16.6. The molecule has 0 spiro atoms. The molecule has 1 aliphatic rings. The lowest BCUT2D eigenvalue weighted by Crippen LogP contribution is -2.33. The molecule has 0 radical (unpaired) electrons. The second kappa shape index (κ2) is 10.0. The fourth-order valence-electron chi connectivity index (χ4n) is 3.77. The lowest BCUT2D eigenvalue weighted by atomic mass is 9.89. The lowest BCUT2D eigenvalue weighted by molar-refractivity contribution is 0.0282. The number of hydrogen-bond donors (Lipinski definition) is 0. The van der Waals surface area contributed by atoms with Crippen molar-refractivity contribution in [2.75, 3.05) is 7.05 Å². The second-order valence-electron chi connectivity index (χ2n) is 9.27. The number of hydrogen-bond acceptors (Lipinski definition) is 4.